The van der Waals surface area contributed by atoms with Crippen LogP contribution in [0, 0.1) is 0 Å². The number of aromatic nitrogens is 2. The van der Waals surface area contributed by atoms with Gasteiger partial charge in [-0.05, 0) is 29.8 Å². The van der Waals surface area contributed by atoms with Crippen molar-refractivity contribution < 1.29 is 5.11 Å². The molecule has 3 rings (SSSR count). The van der Waals surface area contributed by atoms with Crippen LogP contribution in [0.2, 0.25) is 5.02 Å². The maximum Gasteiger partial charge on any atom is 0.203 e. The first-order valence-corrected chi connectivity index (χ1v) is 7.31. The Kier molecular flexibility index (Phi) is 4.02. The van der Waals surface area contributed by atoms with Crippen LogP contribution >= 0.6 is 11.6 Å². The lowest BCUT2D eigenvalue weighted by molar-refractivity contribution is 0.475. The van der Waals surface area contributed by atoms with Gasteiger partial charge in [-0.3, -0.25) is 0 Å². The molecule has 0 atom stereocenters. The number of benzene rings is 2. The predicted octanol–water partition coefficient (Wildman–Crippen LogP) is 4.06. The van der Waals surface area contributed by atoms with Gasteiger partial charge in [-0.15, -0.1) is 0 Å². The highest BCUT2D eigenvalue weighted by molar-refractivity contribution is 6.30. The minimum Gasteiger partial charge on any atom is -0.508 e. The summed E-state index contributed by atoms with van der Waals surface area (Å²) < 4.78 is 1.99. The van der Waals surface area contributed by atoms with E-state index in [0.717, 1.165) is 22.8 Å². The van der Waals surface area contributed by atoms with Crippen LogP contribution in [-0.2, 0) is 13.6 Å². The molecule has 0 amide bonds. The Morgan fingerprint density at radius 1 is 1.18 bits per heavy atom. The second-order valence-corrected chi connectivity index (χ2v) is 5.49. The molecule has 0 aliphatic rings. The fraction of sp³-hybridized carbons (Fsp3) is 0.118. The molecule has 5 heteroatoms. The summed E-state index contributed by atoms with van der Waals surface area (Å²) >= 11 is 6.04. The normalized spacial score (nSPS) is 10.6. The summed E-state index contributed by atoms with van der Waals surface area (Å²) in [5.74, 6) is 1.05. The summed E-state index contributed by atoms with van der Waals surface area (Å²) in [4.78, 5) is 4.41. The molecule has 0 spiro atoms. The number of nitrogens with zero attached hydrogens (tertiary/aromatic N) is 2. The van der Waals surface area contributed by atoms with Gasteiger partial charge in [0.15, 0.2) is 0 Å². The van der Waals surface area contributed by atoms with E-state index in [-0.39, 0.29) is 5.75 Å². The quantitative estimate of drug-likeness (QED) is 0.763. The molecule has 2 aromatic carbocycles. The highest BCUT2D eigenvalue weighted by atomic mass is 35.5. The van der Waals surface area contributed by atoms with E-state index in [0.29, 0.717) is 11.6 Å². The molecule has 112 valence electrons. The maximum atomic E-state index is 9.29. The first kappa shape index (κ1) is 14.5. The van der Waals surface area contributed by atoms with Crippen LogP contribution in [0.5, 0.6) is 5.75 Å². The molecule has 1 heterocycles. The van der Waals surface area contributed by atoms with Gasteiger partial charge in [0, 0.05) is 24.2 Å². The molecule has 2 N–H and O–H groups in total. The second-order valence-electron chi connectivity index (χ2n) is 5.06. The highest BCUT2D eigenvalue weighted by Gasteiger charge is 2.08. The zero-order chi connectivity index (χ0) is 15.5. The van der Waals surface area contributed by atoms with Gasteiger partial charge in [-0.25, -0.2) is 4.98 Å². The van der Waals surface area contributed by atoms with Gasteiger partial charge in [0.25, 0.3) is 0 Å². The molecule has 0 saturated heterocycles. The van der Waals surface area contributed by atoms with Gasteiger partial charge in [0.2, 0.25) is 5.95 Å². The van der Waals surface area contributed by atoms with E-state index in [2.05, 4.69) is 10.3 Å². The molecule has 4 nitrogen and oxygen atoms in total. The van der Waals surface area contributed by atoms with Crippen molar-refractivity contribution in [1.82, 2.24) is 9.55 Å². The number of phenols is 1. The molecule has 0 aliphatic carbocycles. The van der Waals surface area contributed by atoms with Crippen LogP contribution in [0.3, 0.4) is 0 Å². The van der Waals surface area contributed by atoms with Crippen molar-refractivity contribution in [3.63, 3.8) is 0 Å². The van der Waals surface area contributed by atoms with Gasteiger partial charge in [0.1, 0.15) is 5.75 Å². The van der Waals surface area contributed by atoms with E-state index in [1.807, 2.05) is 54.2 Å². The smallest absolute Gasteiger partial charge is 0.203 e. The SMILES string of the molecule is Cn1c(-c2cccc(Cl)c2)cnc1NCc1ccc(O)cc1. The van der Waals surface area contributed by atoms with Gasteiger partial charge >= 0.3 is 0 Å². The molecule has 3 aromatic rings. The second kappa shape index (κ2) is 6.12. The van der Waals surface area contributed by atoms with Crippen LogP contribution in [0.15, 0.2) is 54.7 Å². The molecule has 0 aliphatic heterocycles. The molecule has 0 fully saturated rings. The third-order valence-corrected chi connectivity index (χ3v) is 3.73. The molecular weight excluding hydrogens is 298 g/mol. The summed E-state index contributed by atoms with van der Waals surface area (Å²) in [6, 6.07) is 14.8. The topological polar surface area (TPSA) is 50.1 Å². The third kappa shape index (κ3) is 3.07. The van der Waals surface area contributed by atoms with Gasteiger partial charge in [-0.2, -0.15) is 0 Å². The zero-order valence-corrected chi connectivity index (χ0v) is 12.9. The maximum absolute atomic E-state index is 9.29. The fourth-order valence-corrected chi connectivity index (χ4v) is 2.48. The van der Waals surface area contributed by atoms with Crippen LogP contribution in [0.1, 0.15) is 5.56 Å². The lowest BCUT2D eigenvalue weighted by Gasteiger charge is -2.09. The van der Waals surface area contributed by atoms with Crippen molar-refractivity contribution in [2.45, 2.75) is 6.54 Å². The number of aromatic hydroxyl groups is 1. The number of nitrogens with one attached hydrogen (secondary N) is 1. The lowest BCUT2D eigenvalue weighted by Crippen LogP contribution is -2.05. The minimum atomic E-state index is 0.268. The minimum absolute atomic E-state index is 0.268. The number of halogens is 1. The van der Waals surface area contributed by atoms with Gasteiger partial charge in [0.05, 0.1) is 11.9 Å². The zero-order valence-electron chi connectivity index (χ0n) is 12.1. The van der Waals surface area contributed by atoms with Crippen molar-refractivity contribution in [1.29, 1.82) is 0 Å². The number of anilines is 1. The van der Waals surface area contributed by atoms with E-state index in [1.54, 1.807) is 12.1 Å². The van der Waals surface area contributed by atoms with E-state index in [9.17, 15) is 5.11 Å². The van der Waals surface area contributed by atoms with Crippen molar-refractivity contribution in [3.8, 4) is 17.0 Å². The molecule has 0 saturated carbocycles. The Bertz CT molecular complexity index is 781. The first-order chi connectivity index (χ1) is 10.6. The molecular formula is C17H16ClN3O. The summed E-state index contributed by atoms with van der Waals surface area (Å²) in [5.41, 5.74) is 3.10. The van der Waals surface area contributed by atoms with Crippen molar-refractivity contribution in [2.75, 3.05) is 5.32 Å². The summed E-state index contributed by atoms with van der Waals surface area (Å²) in [6.07, 6.45) is 1.82. The van der Waals surface area contributed by atoms with Gasteiger partial charge in [-0.1, -0.05) is 35.9 Å². The predicted molar refractivity (Wildman–Crippen MR) is 89.1 cm³/mol. The average Bonchev–Trinajstić information content (AvgIpc) is 2.88. The van der Waals surface area contributed by atoms with Crippen LogP contribution in [0.4, 0.5) is 5.95 Å². The first-order valence-electron chi connectivity index (χ1n) is 6.93. The average molecular weight is 314 g/mol. The van der Waals surface area contributed by atoms with Crippen LogP contribution in [0.25, 0.3) is 11.3 Å². The number of phenolic OH excluding ortho intramolecular Hbond substituents is 1. The molecule has 22 heavy (non-hydrogen) atoms. The van der Waals surface area contributed by atoms with E-state index < -0.39 is 0 Å². The number of rotatable bonds is 4. The highest BCUT2D eigenvalue weighted by Crippen LogP contribution is 2.24. The molecule has 0 bridgehead atoms. The third-order valence-electron chi connectivity index (χ3n) is 3.50. The number of hydrogen-bond donors (Lipinski definition) is 2. The standard InChI is InChI=1S/C17H16ClN3O/c1-21-16(13-3-2-4-14(18)9-13)11-20-17(21)19-10-12-5-7-15(22)8-6-12/h2-9,11,22H,10H2,1H3,(H,19,20). The number of imidazole rings is 1. The number of hydrogen-bond acceptors (Lipinski definition) is 3. The summed E-state index contributed by atoms with van der Waals surface area (Å²) in [5, 5.41) is 13.3. The van der Waals surface area contributed by atoms with E-state index in [4.69, 9.17) is 11.6 Å². The Labute approximate surface area is 134 Å². The Morgan fingerprint density at radius 2 is 1.95 bits per heavy atom. The van der Waals surface area contributed by atoms with Crippen LogP contribution in [-0.4, -0.2) is 14.7 Å². The fourth-order valence-electron chi connectivity index (χ4n) is 2.28. The summed E-state index contributed by atoms with van der Waals surface area (Å²) in [7, 11) is 1.96. The van der Waals surface area contributed by atoms with Crippen molar-refractivity contribution in [3.05, 3.63) is 65.3 Å². The Hall–Kier alpha value is -2.46. The Balaban J connectivity index is 1.77. The largest absolute Gasteiger partial charge is 0.508 e. The molecule has 0 radical (unpaired) electrons. The van der Waals surface area contributed by atoms with Crippen molar-refractivity contribution in [2.24, 2.45) is 7.05 Å². The monoisotopic (exact) mass is 313 g/mol. The molecule has 0 unspecified atom stereocenters. The summed E-state index contributed by atoms with van der Waals surface area (Å²) in [6.45, 7) is 0.639. The van der Waals surface area contributed by atoms with E-state index in [1.165, 1.54) is 0 Å². The van der Waals surface area contributed by atoms with Crippen LogP contribution < -0.4 is 5.32 Å². The Morgan fingerprint density at radius 3 is 2.68 bits per heavy atom. The molecule has 1 aromatic heterocycles. The lowest BCUT2D eigenvalue weighted by atomic mass is 10.2. The van der Waals surface area contributed by atoms with Crippen molar-refractivity contribution >= 4 is 17.5 Å². The van der Waals surface area contributed by atoms with Gasteiger partial charge < -0.3 is 15.0 Å². The van der Waals surface area contributed by atoms with E-state index >= 15 is 0 Å².